The Morgan fingerprint density at radius 1 is 0.400 bits per heavy atom. The van der Waals surface area contributed by atoms with Crippen molar-refractivity contribution in [3.63, 3.8) is 0 Å². The summed E-state index contributed by atoms with van der Waals surface area (Å²) >= 11 is 0. The monoisotopic (exact) mass is 703 g/mol. The second kappa shape index (κ2) is 12.1. The van der Waals surface area contributed by atoms with Crippen molar-refractivity contribution in [2.75, 3.05) is 4.90 Å². The average Bonchev–Trinajstić information content (AvgIpc) is 3.71. The van der Waals surface area contributed by atoms with Crippen LogP contribution in [-0.2, 0) is 5.41 Å². The van der Waals surface area contributed by atoms with Gasteiger partial charge in [0.25, 0.3) is 0 Å². The Morgan fingerprint density at radius 3 is 1.93 bits per heavy atom. The van der Waals surface area contributed by atoms with E-state index < -0.39 is 0 Å². The maximum atomic E-state index is 6.62. The molecule has 0 fully saturated rings. The summed E-state index contributed by atoms with van der Waals surface area (Å²) < 4.78 is 6.62. The first kappa shape index (κ1) is 31.6. The fraction of sp³-hybridized carbons (Fsp3) is 0.0566. The molecule has 0 amide bonds. The first-order valence-electron chi connectivity index (χ1n) is 19.1. The molecule has 0 radical (unpaired) electrons. The van der Waals surface area contributed by atoms with Gasteiger partial charge >= 0.3 is 0 Å². The molecule has 1 heterocycles. The van der Waals surface area contributed by atoms with E-state index in [0.29, 0.717) is 0 Å². The second-order valence-electron chi connectivity index (χ2n) is 15.3. The fourth-order valence-corrected chi connectivity index (χ4v) is 9.07. The van der Waals surface area contributed by atoms with Crippen LogP contribution >= 0.6 is 0 Å². The highest BCUT2D eigenvalue weighted by Crippen LogP contribution is 2.51. The van der Waals surface area contributed by atoms with Crippen molar-refractivity contribution in [1.29, 1.82) is 0 Å². The van der Waals surface area contributed by atoms with Crippen LogP contribution in [0.5, 0.6) is 0 Å². The quantitative estimate of drug-likeness (QED) is 0.177. The molecule has 1 aromatic heterocycles. The highest BCUT2D eigenvalue weighted by molar-refractivity contribution is 6.18. The molecular weight excluding hydrogens is 667 g/mol. The highest BCUT2D eigenvalue weighted by atomic mass is 16.3. The third kappa shape index (κ3) is 4.95. The van der Waals surface area contributed by atoms with Crippen molar-refractivity contribution in [3.8, 4) is 33.4 Å². The summed E-state index contributed by atoms with van der Waals surface area (Å²) in [6, 6.07) is 68.5. The number of benzene rings is 9. The van der Waals surface area contributed by atoms with Crippen molar-refractivity contribution in [2.45, 2.75) is 19.3 Å². The van der Waals surface area contributed by atoms with Gasteiger partial charge in [0.1, 0.15) is 11.2 Å². The predicted molar refractivity (Wildman–Crippen MR) is 232 cm³/mol. The van der Waals surface area contributed by atoms with Crippen LogP contribution < -0.4 is 4.90 Å². The molecule has 0 N–H and O–H groups in total. The minimum Gasteiger partial charge on any atom is -0.455 e. The van der Waals surface area contributed by atoms with Crippen LogP contribution in [0.25, 0.3) is 76.9 Å². The van der Waals surface area contributed by atoms with Crippen LogP contribution in [0.3, 0.4) is 0 Å². The summed E-state index contributed by atoms with van der Waals surface area (Å²) in [6.07, 6.45) is 0. The Kier molecular flexibility index (Phi) is 6.93. The Morgan fingerprint density at radius 2 is 1.05 bits per heavy atom. The highest BCUT2D eigenvalue weighted by Gasteiger charge is 2.35. The standard InChI is InChI=1S/C53H37NO/c1-53(2)48-20-9-7-18-44(48)46-33-42(28-29-49(46)53)54(41-16-11-15-37(31-41)38-23-22-34-12-3-4-13-36(34)30-38)40-26-24-35(25-27-40)51-43-17-6-5-14-39(43)32-47-45-19-8-10-21-50(45)55-52(47)51/h3-33H,1-2H3. The van der Waals surface area contributed by atoms with Gasteiger partial charge in [0.05, 0.1) is 0 Å². The molecule has 260 valence electrons. The fourth-order valence-electron chi connectivity index (χ4n) is 9.07. The number of rotatable bonds is 5. The van der Waals surface area contributed by atoms with E-state index in [1.165, 1.54) is 54.9 Å². The first-order valence-corrected chi connectivity index (χ1v) is 19.1. The Hall–Kier alpha value is -6.90. The summed E-state index contributed by atoms with van der Waals surface area (Å²) in [5.74, 6) is 0. The van der Waals surface area contributed by atoms with Crippen LogP contribution in [0, 0.1) is 0 Å². The minimum atomic E-state index is -0.0621. The number of para-hydroxylation sites is 1. The van der Waals surface area contributed by atoms with Gasteiger partial charge in [-0.15, -0.1) is 0 Å². The van der Waals surface area contributed by atoms with Gasteiger partial charge in [-0.25, -0.2) is 0 Å². The molecule has 0 spiro atoms. The molecule has 2 heteroatoms. The Labute approximate surface area is 320 Å². The number of nitrogens with zero attached hydrogens (tertiary/aromatic N) is 1. The number of furan rings is 1. The summed E-state index contributed by atoms with van der Waals surface area (Å²) in [5.41, 5.74) is 15.1. The molecule has 0 saturated heterocycles. The SMILES string of the molecule is CC1(C)c2ccccc2-c2cc(N(c3ccc(-c4c5ccccc5cc5c4oc4ccccc45)cc3)c3cccc(-c4ccc5ccccc5c4)c3)ccc21. The van der Waals surface area contributed by atoms with Crippen LogP contribution in [0.1, 0.15) is 25.0 Å². The summed E-state index contributed by atoms with van der Waals surface area (Å²) in [5, 5.41) is 7.15. The largest absolute Gasteiger partial charge is 0.455 e. The summed E-state index contributed by atoms with van der Waals surface area (Å²) in [4.78, 5) is 2.41. The molecule has 0 saturated carbocycles. The van der Waals surface area contributed by atoms with Crippen molar-refractivity contribution >= 4 is 60.5 Å². The van der Waals surface area contributed by atoms with Gasteiger partial charge < -0.3 is 9.32 Å². The number of hydrogen-bond acceptors (Lipinski definition) is 2. The zero-order valence-corrected chi connectivity index (χ0v) is 30.8. The van der Waals surface area contributed by atoms with Crippen molar-refractivity contribution in [1.82, 2.24) is 0 Å². The predicted octanol–water partition coefficient (Wildman–Crippen LogP) is 15.0. The van der Waals surface area contributed by atoms with E-state index in [-0.39, 0.29) is 5.41 Å². The third-order valence-electron chi connectivity index (χ3n) is 11.8. The van der Waals surface area contributed by atoms with Gasteiger partial charge in [-0.05, 0) is 115 Å². The topological polar surface area (TPSA) is 16.4 Å². The Bertz CT molecular complexity index is 3130. The van der Waals surface area contributed by atoms with E-state index in [1.54, 1.807) is 0 Å². The lowest BCUT2D eigenvalue weighted by Gasteiger charge is -2.28. The molecule has 55 heavy (non-hydrogen) atoms. The lowest BCUT2D eigenvalue weighted by molar-refractivity contribution is 0.660. The molecule has 9 aromatic carbocycles. The lowest BCUT2D eigenvalue weighted by atomic mass is 9.82. The molecule has 0 aliphatic heterocycles. The van der Waals surface area contributed by atoms with Crippen LogP contribution in [0.15, 0.2) is 192 Å². The zero-order valence-electron chi connectivity index (χ0n) is 30.8. The molecule has 0 unspecified atom stereocenters. The van der Waals surface area contributed by atoms with E-state index in [1.807, 2.05) is 6.07 Å². The van der Waals surface area contributed by atoms with Crippen LogP contribution in [0.2, 0.25) is 0 Å². The first-order chi connectivity index (χ1) is 27.0. The average molecular weight is 704 g/mol. The van der Waals surface area contributed by atoms with Crippen molar-refractivity contribution in [2.24, 2.45) is 0 Å². The molecule has 0 bridgehead atoms. The van der Waals surface area contributed by atoms with Gasteiger partial charge in [-0.2, -0.15) is 0 Å². The summed E-state index contributed by atoms with van der Waals surface area (Å²) in [6.45, 7) is 4.68. The molecule has 0 atom stereocenters. The molecular formula is C53H37NO. The van der Waals surface area contributed by atoms with Crippen molar-refractivity contribution < 1.29 is 4.42 Å². The number of fused-ring (bicyclic) bond motifs is 8. The van der Waals surface area contributed by atoms with Gasteiger partial charge in [0.15, 0.2) is 0 Å². The number of hydrogen-bond donors (Lipinski definition) is 0. The minimum absolute atomic E-state index is 0.0621. The maximum absolute atomic E-state index is 6.62. The second-order valence-corrected chi connectivity index (χ2v) is 15.3. The van der Waals surface area contributed by atoms with E-state index in [0.717, 1.165) is 50.1 Å². The smallest absolute Gasteiger partial charge is 0.143 e. The molecule has 1 aliphatic rings. The molecule has 10 aromatic rings. The molecule has 2 nitrogen and oxygen atoms in total. The van der Waals surface area contributed by atoms with E-state index >= 15 is 0 Å². The van der Waals surface area contributed by atoms with Gasteiger partial charge in [-0.3, -0.25) is 0 Å². The van der Waals surface area contributed by atoms with E-state index in [9.17, 15) is 0 Å². The van der Waals surface area contributed by atoms with E-state index in [2.05, 4.69) is 201 Å². The van der Waals surface area contributed by atoms with Crippen LogP contribution in [-0.4, -0.2) is 0 Å². The van der Waals surface area contributed by atoms with Gasteiger partial charge in [0, 0.05) is 38.8 Å². The zero-order chi connectivity index (χ0) is 36.7. The van der Waals surface area contributed by atoms with Gasteiger partial charge in [-0.1, -0.05) is 147 Å². The normalized spacial score (nSPS) is 13.1. The number of anilines is 3. The maximum Gasteiger partial charge on any atom is 0.143 e. The third-order valence-corrected chi connectivity index (χ3v) is 11.8. The molecule has 11 rings (SSSR count). The van der Waals surface area contributed by atoms with Crippen molar-refractivity contribution in [3.05, 3.63) is 199 Å². The van der Waals surface area contributed by atoms with Crippen LogP contribution in [0.4, 0.5) is 17.1 Å². The van der Waals surface area contributed by atoms with Gasteiger partial charge in [0.2, 0.25) is 0 Å². The summed E-state index contributed by atoms with van der Waals surface area (Å²) in [7, 11) is 0. The van der Waals surface area contributed by atoms with E-state index in [4.69, 9.17) is 4.42 Å². The Balaban J connectivity index is 1.09. The molecule has 1 aliphatic carbocycles. The lowest BCUT2D eigenvalue weighted by Crippen LogP contribution is -2.15.